The highest BCUT2D eigenvalue weighted by Gasteiger charge is 2.12. The van der Waals surface area contributed by atoms with Gasteiger partial charge in [-0.2, -0.15) is 0 Å². The molecule has 0 spiro atoms. The van der Waals surface area contributed by atoms with Crippen LogP contribution in [0.15, 0.2) is 30.3 Å². The topological polar surface area (TPSA) is 41.9 Å². The summed E-state index contributed by atoms with van der Waals surface area (Å²) in [5.74, 6) is 1.56. The zero-order valence-corrected chi connectivity index (χ0v) is 14.3. The van der Waals surface area contributed by atoms with E-state index in [2.05, 4.69) is 18.7 Å². The van der Waals surface area contributed by atoms with Crippen LogP contribution in [-0.2, 0) is 4.74 Å². The van der Waals surface area contributed by atoms with Gasteiger partial charge in [-0.25, -0.2) is 0 Å². The quantitative estimate of drug-likeness (QED) is 0.800. The van der Waals surface area contributed by atoms with Crippen LogP contribution in [0, 0.1) is 5.92 Å². The number of ether oxygens (including phenoxy) is 2. The Labute approximate surface area is 139 Å². The van der Waals surface area contributed by atoms with E-state index in [1.54, 1.807) is 0 Å². The van der Waals surface area contributed by atoms with E-state index < -0.39 is 6.10 Å². The van der Waals surface area contributed by atoms with E-state index in [9.17, 15) is 5.11 Å². The molecular formula is C19H29NO3. The van der Waals surface area contributed by atoms with Gasteiger partial charge < -0.3 is 14.6 Å². The number of hydrogen-bond donors (Lipinski definition) is 1. The lowest BCUT2D eigenvalue weighted by Gasteiger charge is -2.27. The van der Waals surface area contributed by atoms with Crippen molar-refractivity contribution in [2.75, 3.05) is 39.5 Å². The van der Waals surface area contributed by atoms with E-state index in [1.807, 2.05) is 36.4 Å². The van der Waals surface area contributed by atoms with Gasteiger partial charge in [0.25, 0.3) is 0 Å². The second-order valence-electron chi connectivity index (χ2n) is 6.44. The molecule has 1 unspecified atom stereocenters. The molecule has 128 valence electrons. The van der Waals surface area contributed by atoms with Gasteiger partial charge >= 0.3 is 0 Å². The minimum absolute atomic E-state index is 0.449. The first-order valence-corrected chi connectivity index (χ1v) is 8.52. The number of morpholine rings is 1. The third kappa shape index (κ3) is 7.16. The number of hydrogen-bond acceptors (Lipinski definition) is 4. The van der Waals surface area contributed by atoms with E-state index in [1.165, 1.54) is 0 Å². The summed E-state index contributed by atoms with van der Waals surface area (Å²) in [5.41, 5.74) is 1.07. The maximum absolute atomic E-state index is 10.1. The molecule has 2 rings (SSSR count). The van der Waals surface area contributed by atoms with Crippen LogP contribution in [-0.4, -0.2) is 55.6 Å². The number of nitrogens with zero attached hydrogens (tertiary/aromatic N) is 1. The minimum Gasteiger partial charge on any atom is -0.494 e. The van der Waals surface area contributed by atoms with Crippen molar-refractivity contribution in [2.24, 2.45) is 5.92 Å². The molecular weight excluding hydrogens is 290 g/mol. The van der Waals surface area contributed by atoms with Crippen LogP contribution in [0.4, 0.5) is 0 Å². The number of benzene rings is 1. The fraction of sp³-hybridized carbons (Fsp3) is 0.579. The molecule has 0 aliphatic carbocycles. The van der Waals surface area contributed by atoms with Crippen LogP contribution in [0.25, 0.3) is 6.08 Å². The highest BCUT2D eigenvalue weighted by molar-refractivity contribution is 5.51. The largest absolute Gasteiger partial charge is 0.494 e. The lowest BCUT2D eigenvalue weighted by Crippen LogP contribution is -2.40. The second kappa shape index (κ2) is 9.71. The molecule has 1 saturated heterocycles. The van der Waals surface area contributed by atoms with Crippen LogP contribution in [0.1, 0.15) is 25.8 Å². The summed E-state index contributed by atoms with van der Waals surface area (Å²) in [6.45, 7) is 9.12. The molecule has 1 aromatic rings. The monoisotopic (exact) mass is 319 g/mol. The third-order valence-electron chi connectivity index (χ3n) is 3.90. The Morgan fingerprint density at radius 2 is 1.91 bits per heavy atom. The summed E-state index contributed by atoms with van der Waals surface area (Å²) >= 11 is 0. The maximum Gasteiger partial charge on any atom is 0.119 e. The zero-order chi connectivity index (χ0) is 16.5. The summed E-state index contributed by atoms with van der Waals surface area (Å²) in [5, 5.41) is 10.1. The Morgan fingerprint density at radius 3 is 2.57 bits per heavy atom. The number of aliphatic hydroxyl groups is 1. The average molecular weight is 319 g/mol. The predicted molar refractivity (Wildman–Crippen MR) is 93.7 cm³/mol. The van der Waals surface area contributed by atoms with Gasteiger partial charge in [-0.15, -0.1) is 0 Å². The summed E-state index contributed by atoms with van der Waals surface area (Å²) in [6, 6.07) is 7.99. The normalized spacial score (nSPS) is 17.7. The maximum atomic E-state index is 10.1. The first-order valence-electron chi connectivity index (χ1n) is 8.52. The van der Waals surface area contributed by atoms with Gasteiger partial charge in [0.15, 0.2) is 0 Å². The third-order valence-corrected chi connectivity index (χ3v) is 3.90. The van der Waals surface area contributed by atoms with Crippen LogP contribution in [0.2, 0.25) is 0 Å². The van der Waals surface area contributed by atoms with E-state index in [-0.39, 0.29) is 0 Å². The van der Waals surface area contributed by atoms with Crippen LogP contribution in [0.5, 0.6) is 5.75 Å². The Balaban J connectivity index is 1.75. The van der Waals surface area contributed by atoms with Crippen LogP contribution < -0.4 is 4.74 Å². The molecule has 4 heteroatoms. The van der Waals surface area contributed by atoms with Gasteiger partial charge in [-0.05, 0) is 30.0 Å². The summed E-state index contributed by atoms with van der Waals surface area (Å²) in [6.07, 6.45) is 4.43. The first-order chi connectivity index (χ1) is 11.1. The highest BCUT2D eigenvalue weighted by Crippen LogP contribution is 2.14. The van der Waals surface area contributed by atoms with Gasteiger partial charge in [0.2, 0.25) is 0 Å². The van der Waals surface area contributed by atoms with Gasteiger partial charge in [-0.3, -0.25) is 4.90 Å². The molecule has 1 N–H and O–H groups in total. The smallest absolute Gasteiger partial charge is 0.119 e. The number of aliphatic hydroxyl groups excluding tert-OH is 1. The average Bonchev–Trinajstić information content (AvgIpc) is 2.55. The lowest BCUT2D eigenvalue weighted by molar-refractivity contribution is 0.0223. The predicted octanol–water partition coefficient (Wildman–Crippen LogP) is 2.82. The van der Waals surface area contributed by atoms with Crippen molar-refractivity contribution in [1.29, 1.82) is 0 Å². The van der Waals surface area contributed by atoms with E-state index in [0.717, 1.165) is 50.6 Å². The summed E-state index contributed by atoms with van der Waals surface area (Å²) in [7, 11) is 0. The number of β-amino-alcohol motifs (C(OH)–C–C–N with tert-alkyl or cyclic N) is 1. The lowest BCUT2D eigenvalue weighted by atomic mass is 10.1. The van der Waals surface area contributed by atoms with Crippen molar-refractivity contribution in [3.8, 4) is 5.75 Å². The summed E-state index contributed by atoms with van der Waals surface area (Å²) < 4.78 is 11.0. The van der Waals surface area contributed by atoms with Crippen molar-refractivity contribution in [1.82, 2.24) is 4.90 Å². The molecule has 0 saturated carbocycles. The van der Waals surface area contributed by atoms with Gasteiger partial charge in [0, 0.05) is 19.6 Å². The second-order valence-corrected chi connectivity index (χ2v) is 6.44. The Kier molecular flexibility index (Phi) is 7.59. The molecule has 1 aliphatic rings. The van der Waals surface area contributed by atoms with Crippen molar-refractivity contribution in [3.63, 3.8) is 0 Å². The van der Waals surface area contributed by atoms with Gasteiger partial charge in [0.05, 0.1) is 25.9 Å². The molecule has 1 heterocycles. The van der Waals surface area contributed by atoms with E-state index >= 15 is 0 Å². The van der Waals surface area contributed by atoms with Crippen molar-refractivity contribution in [3.05, 3.63) is 35.9 Å². The Bertz CT molecular complexity index is 464. The van der Waals surface area contributed by atoms with Gasteiger partial charge in [-0.1, -0.05) is 38.1 Å². The standard InChI is InChI=1S/C19H29NO3/c1-16(2)9-12-23-19-7-4-17(5-8-19)3-6-18(21)15-20-10-13-22-14-11-20/h3-8,16,18,21H,9-15H2,1-2H3/b6-3+. The Morgan fingerprint density at radius 1 is 1.22 bits per heavy atom. The van der Waals surface area contributed by atoms with E-state index in [0.29, 0.717) is 12.5 Å². The zero-order valence-electron chi connectivity index (χ0n) is 14.3. The SMILES string of the molecule is CC(C)CCOc1ccc(/C=C/C(O)CN2CCOCC2)cc1. The summed E-state index contributed by atoms with van der Waals surface area (Å²) in [4.78, 5) is 2.23. The van der Waals surface area contributed by atoms with E-state index in [4.69, 9.17) is 9.47 Å². The Hall–Kier alpha value is -1.36. The molecule has 4 nitrogen and oxygen atoms in total. The van der Waals surface area contributed by atoms with Crippen molar-refractivity contribution >= 4 is 6.08 Å². The van der Waals surface area contributed by atoms with Crippen molar-refractivity contribution < 1.29 is 14.6 Å². The molecule has 0 bridgehead atoms. The first kappa shape index (κ1) is 18.0. The van der Waals surface area contributed by atoms with Crippen LogP contribution >= 0.6 is 0 Å². The van der Waals surface area contributed by atoms with Crippen LogP contribution in [0.3, 0.4) is 0 Å². The number of rotatable bonds is 8. The molecule has 1 aromatic carbocycles. The molecule has 0 aromatic heterocycles. The molecule has 0 amide bonds. The molecule has 1 aliphatic heterocycles. The minimum atomic E-state index is -0.449. The molecule has 0 radical (unpaired) electrons. The van der Waals surface area contributed by atoms with Crippen molar-refractivity contribution in [2.45, 2.75) is 26.4 Å². The molecule has 1 atom stereocenters. The fourth-order valence-corrected chi connectivity index (χ4v) is 2.42. The fourth-order valence-electron chi connectivity index (χ4n) is 2.42. The molecule has 23 heavy (non-hydrogen) atoms. The molecule has 1 fully saturated rings. The van der Waals surface area contributed by atoms with Gasteiger partial charge in [0.1, 0.15) is 5.75 Å². The highest BCUT2D eigenvalue weighted by atomic mass is 16.5.